The summed E-state index contributed by atoms with van der Waals surface area (Å²) in [6.45, 7) is 2.42. The van der Waals surface area contributed by atoms with E-state index < -0.39 is 6.03 Å². The van der Waals surface area contributed by atoms with E-state index in [2.05, 4.69) is 15.8 Å². The molecule has 2 aromatic carbocycles. The molecule has 5 nitrogen and oxygen atoms in total. The topological polar surface area (TPSA) is 62.7 Å². The predicted octanol–water partition coefficient (Wildman–Crippen LogP) is 4.55. The molecule has 2 N–H and O–H groups in total. The van der Waals surface area contributed by atoms with E-state index in [0.717, 1.165) is 5.56 Å². The van der Waals surface area contributed by atoms with Gasteiger partial charge in [-0.05, 0) is 48.9 Å². The summed E-state index contributed by atoms with van der Waals surface area (Å²) in [6.07, 6.45) is 1.49. The van der Waals surface area contributed by atoms with Crippen molar-refractivity contribution in [3.63, 3.8) is 0 Å². The van der Waals surface area contributed by atoms with Crippen LogP contribution in [-0.4, -0.2) is 18.9 Å². The number of anilines is 1. The number of urea groups is 1. The van der Waals surface area contributed by atoms with Crippen LogP contribution in [0.4, 0.5) is 10.5 Å². The molecule has 0 spiro atoms. The number of ether oxygens (including phenoxy) is 1. The summed E-state index contributed by atoms with van der Waals surface area (Å²) < 4.78 is 5.34. The molecule has 7 heteroatoms. The molecule has 0 aromatic heterocycles. The number of benzene rings is 2. The van der Waals surface area contributed by atoms with Crippen LogP contribution in [0.5, 0.6) is 5.75 Å². The molecule has 0 radical (unpaired) electrons. The molecule has 2 amide bonds. The van der Waals surface area contributed by atoms with Gasteiger partial charge in [0.15, 0.2) is 0 Å². The van der Waals surface area contributed by atoms with Gasteiger partial charge in [0, 0.05) is 10.7 Å². The van der Waals surface area contributed by atoms with Crippen LogP contribution in [-0.2, 0) is 0 Å². The lowest BCUT2D eigenvalue weighted by molar-refractivity contribution is 0.252. The van der Waals surface area contributed by atoms with Crippen LogP contribution in [0.1, 0.15) is 12.5 Å². The lowest BCUT2D eigenvalue weighted by atomic mass is 10.2. The summed E-state index contributed by atoms with van der Waals surface area (Å²) in [4.78, 5) is 11.7. The largest absolute Gasteiger partial charge is 0.492 e. The molecule has 0 unspecified atom stereocenters. The van der Waals surface area contributed by atoms with E-state index in [1.54, 1.807) is 42.5 Å². The number of nitrogens with one attached hydrogen (secondary N) is 2. The maximum absolute atomic E-state index is 11.7. The fraction of sp³-hybridized carbons (Fsp3) is 0.125. The number of halogens is 2. The number of hydrazone groups is 1. The first-order valence-electron chi connectivity index (χ1n) is 6.86. The molecule has 0 heterocycles. The number of rotatable bonds is 5. The van der Waals surface area contributed by atoms with Gasteiger partial charge in [0.1, 0.15) is 5.75 Å². The maximum atomic E-state index is 11.7. The Balaban J connectivity index is 1.91. The second-order valence-electron chi connectivity index (χ2n) is 4.46. The normalized spacial score (nSPS) is 10.6. The Bertz CT molecular complexity index is 720. The van der Waals surface area contributed by atoms with Gasteiger partial charge in [-0.2, -0.15) is 5.10 Å². The van der Waals surface area contributed by atoms with Gasteiger partial charge < -0.3 is 10.1 Å². The van der Waals surface area contributed by atoms with Crippen LogP contribution in [0, 0.1) is 0 Å². The second-order valence-corrected chi connectivity index (χ2v) is 5.30. The summed E-state index contributed by atoms with van der Waals surface area (Å²) in [5.74, 6) is 0.609. The van der Waals surface area contributed by atoms with Crippen molar-refractivity contribution in [2.75, 3.05) is 11.9 Å². The number of carbonyl (C=O) groups excluding carboxylic acids is 1. The standard InChI is InChI=1S/C16H15Cl2N3O2/c1-2-23-15-7-6-11(8-14(15)18)10-19-21-16(22)20-13-5-3-4-12(17)9-13/h3-10H,2H2,1H3,(H2,20,21,22)/b19-10-. The summed E-state index contributed by atoms with van der Waals surface area (Å²) in [5.41, 5.74) is 3.68. The zero-order chi connectivity index (χ0) is 16.7. The van der Waals surface area contributed by atoms with E-state index in [9.17, 15) is 4.79 Å². The molecule has 0 aliphatic carbocycles. The molecule has 23 heavy (non-hydrogen) atoms. The Morgan fingerprint density at radius 1 is 1.26 bits per heavy atom. The highest BCUT2D eigenvalue weighted by atomic mass is 35.5. The SMILES string of the molecule is CCOc1ccc(/C=N\NC(=O)Nc2cccc(Cl)c2)cc1Cl. The van der Waals surface area contributed by atoms with Crippen LogP contribution in [0.2, 0.25) is 10.0 Å². The molecular weight excluding hydrogens is 337 g/mol. The van der Waals surface area contributed by atoms with Gasteiger partial charge in [-0.25, -0.2) is 10.2 Å². The van der Waals surface area contributed by atoms with E-state index in [1.807, 2.05) is 6.92 Å². The van der Waals surface area contributed by atoms with Crippen LogP contribution in [0.3, 0.4) is 0 Å². The van der Waals surface area contributed by atoms with Gasteiger partial charge in [0.25, 0.3) is 0 Å². The lowest BCUT2D eigenvalue weighted by Crippen LogP contribution is -2.24. The van der Waals surface area contributed by atoms with Crippen LogP contribution >= 0.6 is 23.2 Å². The van der Waals surface area contributed by atoms with Gasteiger partial charge in [-0.1, -0.05) is 29.3 Å². The minimum Gasteiger partial charge on any atom is -0.492 e. The van der Waals surface area contributed by atoms with Crippen molar-refractivity contribution in [1.29, 1.82) is 0 Å². The van der Waals surface area contributed by atoms with Gasteiger partial charge >= 0.3 is 6.03 Å². The Hall–Kier alpha value is -2.24. The average Bonchev–Trinajstić information content (AvgIpc) is 2.50. The summed E-state index contributed by atoms with van der Waals surface area (Å²) in [7, 11) is 0. The van der Waals surface area contributed by atoms with Crippen LogP contribution in [0.25, 0.3) is 0 Å². The molecule has 0 aliphatic heterocycles. The van der Waals surface area contributed by atoms with Crippen molar-refractivity contribution in [3.05, 3.63) is 58.1 Å². The zero-order valence-electron chi connectivity index (χ0n) is 12.3. The van der Waals surface area contributed by atoms with Crippen molar-refractivity contribution < 1.29 is 9.53 Å². The highest BCUT2D eigenvalue weighted by Crippen LogP contribution is 2.24. The predicted molar refractivity (Wildman–Crippen MR) is 93.8 cm³/mol. The summed E-state index contributed by atoms with van der Waals surface area (Å²) >= 11 is 11.9. The molecule has 0 saturated heterocycles. The number of amides is 2. The third-order valence-electron chi connectivity index (χ3n) is 2.72. The molecule has 0 aliphatic rings. The first-order chi connectivity index (χ1) is 11.1. The van der Waals surface area contributed by atoms with E-state index in [4.69, 9.17) is 27.9 Å². The Morgan fingerprint density at radius 3 is 2.78 bits per heavy atom. The minimum atomic E-state index is -0.472. The van der Waals surface area contributed by atoms with E-state index in [1.165, 1.54) is 6.21 Å². The maximum Gasteiger partial charge on any atom is 0.339 e. The molecule has 2 aromatic rings. The number of hydrogen-bond acceptors (Lipinski definition) is 3. The minimum absolute atomic E-state index is 0.472. The molecule has 0 fully saturated rings. The average molecular weight is 352 g/mol. The Kier molecular flexibility index (Phi) is 6.26. The second kappa shape index (κ2) is 8.41. The van der Waals surface area contributed by atoms with Crippen molar-refractivity contribution >= 4 is 41.1 Å². The van der Waals surface area contributed by atoms with Crippen LogP contribution in [0.15, 0.2) is 47.6 Å². The van der Waals surface area contributed by atoms with E-state index in [0.29, 0.717) is 28.1 Å². The fourth-order valence-electron chi connectivity index (χ4n) is 1.76. The monoisotopic (exact) mass is 351 g/mol. The summed E-state index contributed by atoms with van der Waals surface area (Å²) in [6, 6.07) is 11.6. The van der Waals surface area contributed by atoms with Gasteiger partial charge in [-0.15, -0.1) is 0 Å². The molecular formula is C16H15Cl2N3O2. The highest BCUT2D eigenvalue weighted by Gasteiger charge is 2.02. The van der Waals surface area contributed by atoms with Crippen molar-refractivity contribution in [2.24, 2.45) is 5.10 Å². The molecule has 0 bridgehead atoms. The smallest absolute Gasteiger partial charge is 0.339 e. The zero-order valence-corrected chi connectivity index (χ0v) is 13.9. The number of hydrogen-bond donors (Lipinski definition) is 2. The van der Waals surface area contributed by atoms with Crippen molar-refractivity contribution in [1.82, 2.24) is 5.43 Å². The van der Waals surface area contributed by atoms with Gasteiger partial charge in [0.05, 0.1) is 17.8 Å². The Morgan fingerprint density at radius 2 is 2.09 bits per heavy atom. The Labute approximate surface area is 144 Å². The van der Waals surface area contributed by atoms with Gasteiger partial charge in [-0.3, -0.25) is 0 Å². The first-order valence-corrected chi connectivity index (χ1v) is 7.62. The first kappa shape index (κ1) is 17.1. The van der Waals surface area contributed by atoms with E-state index in [-0.39, 0.29) is 0 Å². The molecule has 0 atom stereocenters. The third-order valence-corrected chi connectivity index (χ3v) is 3.25. The lowest BCUT2D eigenvalue weighted by Gasteiger charge is -2.06. The number of nitrogens with zero attached hydrogens (tertiary/aromatic N) is 1. The molecule has 2 rings (SSSR count). The summed E-state index contributed by atoms with van der Waals surface area (Å²) in [5, 5.41) is 7.49. The highest BCUT2D eigenvalue weighted by molar-refractivity contribution is 6.32. The number of carbonyl (C=O) groups is 1. The van der Waals surface area contributed by atoms with Crippen LogP contribution < -0.4 is 15.5 Å². The fourth-order valence-corrected chi connectivity index (χ4v) is 2.19. The molecule has 120 valence electrons. The third kappa shape index (κ3) is 5.47. The van der Waals surface area contributed by atoms with E-state index >= 15 is 0 Å². The quantitative estimate of drug-likeness (QED) is 0.613. The van der Waals surface area contributed by atoms with Crippen molar-refractivity contribution in [2.45, 2.75) is 6.92 Å². The van der Waals surface area contributed by atoms with Gasteiger partial charge in [0.2, 0.25) is 0 Å². The van der Waals surface area contributed by atoms with Crippen molar-refractivity contribution in [3.8, 4) is 5.75 Å². The molecule has 0 saturated carbocycles.